The Balaban J connectivity index is 3.52. The summed E-state index contributed by atoms with van der Waals surface area (Å²) in [4.78, 5) is 10.1. The highest BCUT2D eigenvalue weighted by molar-refractivity contribution is 7.80. The Morgan fingerprint density at radius 2 is 2.38 bits per heavy atom. The molecule has 0 fully saturated rings. The molecule has 0 aliphatic rings. The minimum Gasteiger partial charge on any atom is -0.481 e. The van der Waals surface area contributed by atoms with Crippen LogP contribution in [-0.2, 0) is 4.79 Å². The summed E-state index contributed by atoms with van der Waals surface area (Å²) in [6.45, 7) is 1.84. The number of hydrogen-bond donors (Lipinski definition) is 2. The van der Waals surface area contributed by atoms with Crippen molar-refractivity contribution in [3.63, 3.8) is 0 Å². The summed E-state index contributed by atoms with van der Waals surface area (Å²) in [5.74, 6) is -0.577. The smallest absolute Gasteiger partial charge is 0.307 e. The molecule has 0 heterocycles. The van der Waals surface area contributed by atoms with E-state index in [0.29, 0.717) is 12.2 Å². The van der Waals surface area contributed by atoms with Crippen molar-refractivity contribution < 1.29 is 9.90 Å². The Kier molecular flexibility index (Phi) is 3.69. The maximum atomic E-state index is 10.1. The quantitative estimate of drug-likeness (QED) is 0.566. The zero-order chi connectivity index (χ0) is 6.57. The van der Waals surface area contributed by atoms with Crippen molar-refractivity contribution in [3.8, 4) is 0 Å². The van der Waals surface area contributed by atoms with Crippen molar-refractivity contribution in [2.75, 3.05) is 5.75 Å². The van der Waals surface area contributed by atoms with Crippen LogP contribution in [-0.4, -0.2) is 16.8 Å². The van der Waals surface area contributed by atoms with Gasteiger partial charge in [-0.3, -0.25) is 4.79 Å². The van der Waals surface area contributed by atoms with Crippen LogP contribution in [0.2, 0.25) is 0 Å². The molecule has 0 aromatic rings. The highest BCUT2D eigenvalue weighted by atomic mass is 32.1. The van der Waals surface area contributed by atoms with Crippen LogP contribution in [0.1, 0.15) is 13.3 Å². The van der Waals surface area contributed by atoms with Crippen LogP contribution in [0.4, 0.5) is 0 Å². The minimum atomic E-state index is -0.748. The van der Waals surface area contributed by atoms with E-state index in [0.717, 1.165) is 0 Å². The van der Waals surface area contributed by atoms with Crippen molar-refractivity contribution >= 4 is 18.6 Å². The summed E-state index contributed by atoms with van der Waals surface area (Å²) in [6, 6.07) is 0. The average molecular weight is 134 g/mol. The molecule has 0 aliphatic carbocycles. The summed E-state index contributed by atoms with van der Waals surface area (Å²) in [5.41, 5.74) is 0. The van der Waals surface area contributed by atoms with E-state index in [1.54, 1.807) is 0 Å². The third-order valence-corrected chi connectivity index (χ3v) is 1.50. The summed E-state index contributed by atoms with van der Waals surface area (Å²) >= 11 is 3.85. The summed E-state index contributed by atoms with van der Waals surface area (Å²) in [5, 5.41) is 8.32. The van der Waals surface area contributed by atoms with Gasteiger partial charge in [0.25, 0.3) is 0 Å². The molecule has 0 aromatic carbocycles. The highest BCUT2D eigenvalue weighted by Crippen LogP contribution is 2.03. The van der Waals surface area contributed by atoms with Crippen LogP contribution >= 0.6 is 12.6 Å². The molecule has 0 rings (SSSR count). The van der Waals surface area contributed by atoms with E-state index in [1.165, 1.54) is 0 Å². The number of carboxylic acid groups (broad SMARTS) is 1. The van der Waals surface area contributed by atoms with Crippen LogP contribution in [0.25, 0.3) is 0 Å². The van der Waals surface area contributed by atoms with E-state index in [4.69, 9.17) is 5.11 Å². The molecule has 0 amide bonds. The number of carbonyl (C=O) groups is 1. The lowest BCUT2D eigenvalue weighted by Crippen LogP contribution is -2.13. The van der Waals surface area contributed by atoms with E-state index in [2.05, 4.69) is 12.6 Å². The first-order valence-electron chi connectivity index (χ1n) is 2.56. The van der Waals surface area contributed by atoms with E-state index in [9.17, 15) is 4.79 Å². The first-order valence-corrected chi connectivity index (χ1v) is 3.19. The Bertz CT molecular complexity index is 78.5. The predicted molar refractivity (Wildman–Crippen MR) is 35.3 cm³/mol. The zero-order valence-corrected chi connectivity index (χ0v) is 5.69. The van der Waals surface area contributed by atoms with Gasteiger partial charge in [-0.2, -0.15) is 12.6 Å². The first-order chi connectivity index (χ1) is 3.72. The normalized spacial score (nSPS) is 13.2. The molecule has 1 unspecified atom stereocenters. The second-order valence-corrected chi connectivity index (χ2v) is 1.99. The highest BCUT2D eigenvalue weighted by Gasteiger charge is 2.10. The largest absolute Gasteiger partial charge is 0.481 e. The van der Waals surface area contributed by atoms with E-state index < -0.39 is 5.97 Å². The van der Waals surface area contributed by atoms with Crippen molar-refractivity contribution in [2.24, 2.45) is 5.92 Å². The summed E-state index contributed by atoms with van der Waals surface area (Å²) in [7, 11) is 0. The van der Waals surface area contributed by atoms with Crippen molar-refractivity contribution in [3.05, 3.63) is 0 Å². The van der Waals surface area contributed by atoms with Crippen LogP contribution in [0.15, 0.2) is 0 Å². The molecular formula is C5H10O2S. The van der Waals surface area contributed by atoms with Crippen molar-refractivity contribution in [2.45, 2.75) is 13.3 Å². The van der Waals surface area contributed by atoms with Gasteiger partial charge in [-0.25, -0.2) is 0 Å². The molecule has 0 aromatic heterocycles. The maximum absolute atomic E-state index is 10.1. The lowest BCUT2D eigenvalue weighted by Gasteiger charge is -2.02. The van der Waals surface area contributed by atoms with Gasteiger partial charge in [-0.15, -0.1) is 0 Å². The van der Waals surface area contributed by atoms with Crippen LogP contribution in [0.5, 0.6) is 0 Å². The van der Waals surface area contributed by atoms with Crippen LogP contribution in [0.3, 0.4) is 0 Å². The molecular weight excluding hydrogens is 124 g/mol. The van der Waals surface area contributed by atoms with Crippen LogP contribution < -0.4 is 0 Å². The fourth-order valence-corrected chi connectivity index (χ4v) is 0.796. The second kappa shape index (κ2) is 3.78. The van der Waals surface area contributed by atoms with Gasteiger partial charge in [0.05, 0.1) is 5.92 Å². The van der Waals surface area contributed by atoms with E-state index >= 15 is 0 Å². The van der Waals surface area contributed by atoms with Gasteiger partial charge in [-0.05, 0) is 6.42 Å². The standard InChI is InChI=1S/C5H10O2S/c1-2-4(3-8)5(6)7/h4,8H,2-3H2,1H3,(H,6,7). The molecule has 1 atom stereocenters. The molecule has 0 saturated heterocycles. The Hall–Kier alpha value is -0.180. The number of hydrogen-bond acceptors (Lipinski definition) is 2. The lowest BCUT2D eigenvalue weighted by molar-refractivity contribution is -0.140. The number of thiol groups is 1. The molecule has 1 N–H and O–H groups in total. The molecule has 2 nitrogen and oxygen atoms in total. The summed E-state index contributed by atoms with van der Waals surface area (Å²) in [6.07, 6.45) is 0.666. The SMILES string of the molecule is CCC(CS)C(=O)O. The molecule has 0 spiro atoms. The van der Waals surface area contributed by atoms with Gasteiger partial charge in [0.1, 0.15) is 0 Å². The van der Waals surface area contributed by atoms with E-state index in [1.807, 2.05) is 6.92 Å². The molecule has 0 radical (unpaired) electrons. The van der Waals surface area contributed by atoms with Gasteiger partial charge in [0.2, 0.25) is 0 Å². The third kappa shape index (κ3) is 2.21. The molecule has 3 heteroatoms. The van der Waals surface area contributed by atoms with Crippen LogP contribution in [0, 0.1) is 5.92 Å². The Morgan fingerprint density at radius 1 is 1.88 bits per heavy atom. The third-order valence-electron chi connectivity index (χ3n) is 1.06. The minimum absolute atomic E-state index is 0.265. The fraction of sp³-hybridized carbons (Fsp3) is 0.800. The van der Waals surface area contributed by atoms with Crippen molar-refractivity contribution in [1.82, 2.24) is 0 Å². The lowest BCUT2D eigenvalue weighted by atomic mass is 10.1. The van der Waals surface area contributed by atoms with Gasteiger partial charge < -0.3 is 5.11 Å². The topological polar surface area (TPSA) is 37.3 Å². The number of rotatable bonds is 3. The molecule has 8 heavy (non-hydrogen) atoms. The Labute approximate surface area is 54.3 Å². The van der Waals surface area contributed by atoms with E-state index in [-0.39, 0.29) is 5.92 Å². The second-order valence-electron chi connectivity index (χ2n) is 1.63. The predicted octanol–water partition coefficient (Wildman–Crippen LogP) is 1.03. The van der Waals surface area contributed by atoms with Gasteiger partial charge in [-0.1, -0.05) is 6.92 Å². The molecule has 0 aliphatic heterocycles. The maximum Gasteiger partial charge on any atom is 0.307 e. The molecule has 48 valence electrons. The summed E-state index contributed by atoms with van der Waals surface area (Å²) < 4.78 is 0. The molecule has 0 bridgehead atoms. The average Bonchev–Trinajstić information content (AvgIpc) is 1.69. The number of carboxylic acids is 1. The first kappa shape index (κ1) is 7.82. The fourth-order valence-electron chi connectivity index (χ4n) is 0.382. The number of aliphatic carboxylic acids is 1. The zero-order valence-electron chi connectivity index (χ0n) is 4.79. The van der Waals surface area contributed by atoms with Gasteiger partial charge in [0, 0.05) is 5.75 Å². The molecule has 0 saturated carbocycles. The monoisotopic (exact) mass is 134 g/mol. The van der Waals surface area contributed by atoms with Gasteiger partial charge in [0.15, 0.2) is 0 Å². The van der Waals surface area contributed by atoms with Gasteiger partial charge >= 0.3 is 5.97 Å². The Morgan fingerprint density at radius 3 is 2.38 bits per heavy atom. The van der Waals surface area contributed by atoms with Crippen molar-refractivity contribution in [1.29, 1.82) is 0 Å².